The number of hydrogen-bond donors (Lipinski definition) is 0. The van der Waals surface area contributed by atoms with E-state index in [2.05, 4.69) is 20.8 Å². The lowest BCUT2D eigenvalue weighted by Gasteiger charge is -2.35. The third-order valence-corrected chi connectivity index (χ3v) is 3.65. The number of alkyl halides is 1. The van der Waals surface area contributed by atoms with E-state index in [1.807, 2.05) is 13.8 Å². The van der Waals surface area contributed by atoms with E-state index in [4.69, 9.17) is 0 Å². The van der Waals surface area contributed by atoms with Crippen molar-refractivity contribution in [1.82, 2.24) is 0 Å². The third-order valence-electron chi connectivity index (χ3n) is 3.65. The minimum atomic E-state index is -0.630. The zero-order valence-corrected chi connectivity index (χ0v) is 9.15. The Morgan fingerprint density at radius 1 is 1.17 bits per heavy atom. The van der Waals surface area contributed by atoms with Crippen LogP contribution in [0.5, 0.6) is 0 Å². The summed E-state index contributed by atoms with van der Waals surface area (Å²) in [7, 11) is 0. The van der Waals surface area contributed by atoms with E-state index >= 15 is 0 Å². The Hall–Kier alpha value is -0.0700. The molecule has 0 saturated carbocycles. The third kappa shape index (κ3) is 2.46. The molecule has 0 aliphatic heterocycles. The van der Waals surface area contributed by atoms with Crippen LogP contribution in [0.15, 0.2) is 0 Å². The van der Waals surface area contributed by atoms with Gasteiger partial charge in [0.15, 0.2) is 0 Å². The minimum absolute atomic E-state index is 0.190. The molecule has 0 aromatic heterocycles. The highest BCUT2D eigenvalue weighted by molar-refractivity contribution is 4.81. The monoisotopic (exact) mass is 174 g/mol. The first-order valence-corrected chi connectivity index (χ1v) is 5.15. The summed E-state index contributed by atoms with van der Waals surface area (Å²) in [5.41, 5.74) is 0.190. The molecule has 0 heterocycles. The van der Waals surface area contributed by atoms with Crippen LogP contribution < -0.4 is 0 Å². The Labute approximate surface area is 76.6 Å². The molecular formula is C11H23F. The van der Waals surface area contributed by atoms with Crippen molar-refractivity contribution in [3.8, 4) is 0 Å². The highest BCUT2D eigenvalue weighted by Crippen LogP contribution is 2.38. The molecule has 0 aliphatic carbocycles. The van der Waals surface area contributed by atoms with Crippen molar-refractivity contribution in [2.24, 2.45) is 11.3 Å². The normalized spacial score (nSPS) is 17.5. The van der Waals surface area contributed by atoms with Crippen LogP contribution in [0.2, 0.25) is 0 Å². The molecular weight excluding hydrogens is 151 g/mol. The first kappa shape index (κ1) is 11.9. The fourth-order valence-electron chi connectivity index (χ4n) is 1.68. The maximum Gasteiger partial charge on any atom is 0.103 e. The Morgan fingerprint density at radius 3 is 1.83 bits per heavy atom. The van der Waals surface area contributed by atoms with Crippen LogP contribution >= 0.6 is 0 Å². The maximum absolute atomic E-state index is 13.4. The van der Waals surface area contributed by atoms with Gasteiger partial charge in [0, 0.05) is 0 Å². The minimum Gasteiger partial charge on any atom is -0.247 e. The molecule has 12 heavy (non-hydrogen) atoms. The van der Waals surface area contributed by atoms with Crippen LogP contribution in [0.1, 0.15) is 53.9 Å². The zero-order valence-electron chi connectivity index (χ0n) is 9.15. The van der Waals surface area contributed by atoms with Gasteiger partial charge in [0.25, 0.3) is 0 Å². The molecule has 0 aromatic carbocycles. The van der Waals surface area contributed by atoms with Crippen LogP contribution in [0.4, 0.5) is 4.39 Å². The van der Waals surface area contributed by atoms with E-state index in [0.717, 1.165) is 12.8 Å². The highest BCUT2D eigenvalue weighted by atomic mass is 19.1. The quantitative estimate of drug-likeness (QED) is 0.586. The second-order valence-corrected chi connectivity index (χ2v) is 4.07. The average Bonchev–Trinajstić information content (AvgIpc) is 2.14. The van der Waals surface area contributed by atoms with Gasteiger partial charge in [-0.3, -0.25) is 0 Å². The summed E-state index contributed by atoms with van der Waals surface area (Å²) in [4.78, 5) is 0. The molecule has 1 heteroatoms. The van der Waals surface area contributed by atoms with E-state index in [1.165, 1.54) is 0 Å². The Bertz CT molecular complexity index is 116. The molecule has 0 rings (SSSR count). The smallest absolute Gasteiger partial charge is 0.103 e. The highest BCUT2D eigenvalue weighted by Gasteiger charge is 2.32. The lowest BCUT2D eigenvalue weighted by Crippen LogP contribution is -2.30. The Morgan fingerprint density at radius 2 is 1.58 bits per heavy atom. The van der Waals surface area contributed by atoms with E-state index in [-0.39, 0.29) is 11.3 Å². The summed E-state index contributed by atoms with van der Waals surface area (Å²) in [6, 6.07) is 0. The van der Waals surface area contributed by atoms with Gasteiger partial charge in [0.05, 0.1) is 0 Å². The fourth-order valence-corrected chi connectivity index (χ4v) is 1.68. The summed E-state index contributed by atoms with van der Waals surface area (Å²) in [6.07, 6.45) is 2.17. The molecule has 0 amide bonds. The van der Waals surface area contributed by atoms with Gasteiger partial charge >= 0.3 is 0 Å². The van der Waals surface area contributed by atoms with E-state index in [1.54, 1.807) is 0 Å². The first-order valence-electron chi connectivity index (χ1n) is 5.15. The Balaban J connectivity index is 4.29. The molecule has 2 unspecified atom stereocenters. The largest absolute Gasteiger partial charge is 0.247 e. The summed E-state index contributed by atoms with van der Waals surface area (Å²) >= 11 is 0. The predicted octanol–water partition coefficient (Wildman–Crippen LogP) is 4.20. The second kappa shape index (κ2) is 4.84. The Kier molecular flexibility index (Phi) is 4.81. The summed E-state index contributed by atoms with van der Waals surface area (Å²) < 4.78 is 13.4. The molecule has 0 saturated heterocycles. The van der Waals surface area contributed by atoms with Crippen molar-refractivity contribution in [2.45, 2.75) is 60.1 Å². The van der Waals surface area contributed by atoms with Crippen molar-refractivity contribution in [1.29, 1.82) is 0 Å². The van der Waals surface area contributed by atoms with Crippen molar-refractivity contribution >= 4 is 0 Å². The summed E-state index contributed by atoms with van der Waals surface area (Å²) in [6.45, 7) is 10.5. The fraction of sp³-hybridized carbons (Fsp3) is 1.00. The molecule has 0 nitrogen and oxygen atoms in total. The molecule has 74 valence electrons. The topological polar surface area (TPSA) is 0 Å². The lowest BCUT2D eigenvalue weighted by atomic mass is 9.71. The molecule has 0 fully saturated rings. The molecule has 0 N–H and O–H groups in total. The van der Waals surface area contributed by atoms with Gasteiger partial charge < -0.3 is 0 Å². The van der Waals surface area contributed by atoms with Crippen LogP contribution in [0, 0.1) is 11.3 Å². The van der Waals surface area contributed by atoms with Gasteiger partial charge in [-0.2, -0.15) is 0 Å². The van der Waals surface area contributed by atoms with E-state index < -0.39 is 6.17 Å². The van der Waals surface area contributed by atoms with Crippen molar-refractivity contribution < 1.29 is 4.39 Å². The van der Waals surface area contributed by atoms with Crippen LogP contribution in [-0.2, 0) is 0 Å². The van der Waals surface area contributed by atoms with Gasteiger partial charge in [-0.25, -0.2) is 4.39 Å². The molecule has 2 atom stereocenters. The molecule has 0 aliphatic rings. The number of halogens is 1. The van der Waals surface area contributed by atoms with Crippen molar-refractivity contribution in [3.05, 3.63) is 0 Å². The summed E-state index contributed by atoms with van der Waals surface area (Å²) in [5, 5.41) is 0. The average molecular weight is 174 g/mol. The van der Waals surface area contributed by atoms with Gasteiger partial charge in [-0.1, -0.05) is 47.5 Å². The van der Waals surface area contributed by atoms with Gasteiger partial charge in [-0.15, -0.1) is 0 Å². The molecule has 0 spiro atoms. The van der Waals surface area contributed by atoms with Gasteiger partial charge in [0.2, 0.25) is 0 Å². The van der Waals surface area contributed by atoms with Crippen LogP contribution in [0.3, 0.4) is 0 Å². The van der Waals surface area contributed by atoms with Crippen molar-refractivity contribution in [3.63, 3.8) is 0 Å². The van der Waals surface area contributed by atoms with E-state index in [9.17, 15) is 4.39 Å². The molecule has 0 aromatic rings. The molecule has 0 radical (unpaired) electrons. The van der Waals surface area contributed by atoms with Crippen LogP contribution in [-0.4, -0.2) is 6.17 Å². The number of rotatable bonds is 5. The van der Waals surface area contributed by atoms with Crippen molar-refractivity contribution in [2.75, 3.05) is 0 Å². The SMILES string of the molecule is CCC(F)C(C)C(C)(CC)CC. The summed E-state index contributed by atoms with van der Waals surface area (Å²) in [5.74, 6) is 0.192. The maximum atomic E-state index is 13.4. The van der Waals surface area contributed by atoms with Crippen LogP contribution in [0.25, 0.3) is 0 Å². The molecule has 0 bridgehead atoms. The lowest BCUT2D eigenvalue weighted by molar-refractivity contribution is 0.0888. The van der Waals surface area contributed by atoms with Gasteiger partial charge in [-0.05, 0) is 17.8 Å². The first-order chi connectivity index (χ1) is 5.51. The second-order valence-electron chi connectivity index (χ2n) is 4.07. The predicted molar refractivity (Wildman–Crippen MR) is 53.0 cm³/mol. The van der Waals surface area contributed by atoms with E-state index in [0.29, 0.717) is 6.42 Å². The number of hydrogen-bond acceptors (Lipinski definition) is 0. The van der Waals surface area contributed by atoms with Gasteiger partial charge in [0.1, 0.15) is 6.17 Å². The standard InChI is InChI=1S/C11H23F/c1-6-10(12)9(4)11(5,7-2)8-3/h9-10H,6-8H2,1-5H3. The zero-order chi connectivity index (χ0) is 9.78.